The van der Waals surface area contributed by atoms with E-state index in [1.807, 2.05) is 13.8 Å². The number of hydrogen-bond donors (Lipinski definition) is 3. The minimum absolute atomic E-state index is 0.0996. The number of carbonyl (C=O) groups is 1. The van der Waals surface area contributed by atoms with Gasteiger partial charge in [0, 0.05) is 24.5 Å². The molecule has 1 aliphatic heterocycles. The summed E-state index contributed by atoms with van der Waals surface area (Å²) < 4.78 is 0. The predicted molar refractivity (Wildman–Crippen MR) is 84.0 cm³/mol. The van der Waals surface area contributed by atoms with E-state index in [2.05, 4.69) is 20.6 Å². The van der Waals surface area contributed by atoms with E-state index in [1.165, 1.54) is 19.3 Å². The maximum absolute atomic E-state index is 12.3. The van der Waals surface area contributed by atoms with Crippen LogP contribution in [0.3, 0.4) is 0 Å². The van der Waals surface area contributed by atoms with Gasteiger partial charge in [0.2, 0.25) is 0 Å². The highest BCUT2D eigenvalue weighted by Crippen LogP contribution is 2.15. The zero-order valence-electron chi connectivity index (χ0n) is 12.9. The number of pyridine rings is 1. The van der Waals surface area contributed by atoms with Crippen LogP contribution in [0.15, 0.2) is 12.3 Å². The van der Waals surface area contributed by atoms with Gasteiger partial charge < -0.3 is 15.6 Å². The quantitative estimate of drug-likeness (QED) is 0.562. The summed E-state index contributed by atoms with van der Waals surface area (Å²) in [6.45, 7) is 7.03. The van der Waals surface area contributed by atoms with E-state index in [9.17, 15) is 4.79 Å². The van der Waals surface area contributed by atoms with E-state index in [0.717, 1.165) is 25.3 Å². The molecule has 1 unspecified atom stereocenters. The summed E-state index contributed by atoms with van der Waals surface area (Å²) in [6.07, 6.45) is 5.39. The van der Waals surface area contributed by atoms with Gasteiger partial charge in [-0.05, 0) is 45.8 Å². The summed E-state index contributed by atoms with van der Waals surface area (Å²) in [5.41, 5.74) is 4.46. The zero-order chi connectivity index (χ0) is 15.2. The third kappa shape index (κ3) is 4.41. The van der Waals surface area contributed by atoms with E-state index in [0.29, 0.717) is 11.3 Å². The van der Waals surface area contributed by atoms with Crippen molar-refractivity contribution in [3.05, 3.63) is 23.5 Å². The molecule has 1 saturated heterocycles. The van der Waals surface area contributed by atoms with Crippen molar-refractivity contribution in [2.24, 2.45) is 5.84 Å². The summed E-state index contributed by atoms with van der Waals surface area (Å²) in [4.78, 5) is 18.9. The molecule has 0 spiro atoms. The lowest BCUT2D eigenvalue weighted by Gasteiger charge is -2.29. The Morgan fingerprint density at radius 2 is 2.14 bits per heavy atom. The maximum atomic E-state index is 12.3. The number of nitrogens with one attached hydrogen (secondary N) is 2. The van der Waals surface area contributed by atoms with Crippen molar-refractivity contribution in [1.29, 1.82) is 0 Å². The summed E-state index contributed by atoms with van der Waals surface area (Å²) in [5.74, 6) is 5.33. The summed E-state index contributed by atoms with van der Waals surface area (Å²) in [6, 6.07) is 1.87. The van der Waals surface area contributed by atoms with E-state index < -0.39 is 0 Å². The molecule has 1 fully saturated rings. The third-order valence-electron chi connectivity index (χ3n) is 3.80. The van der Waals surface area contributed by atoms with Crippen LogP contribution in [0.5, 0.6) is 0 Å². The van der Waals surface area contributed by atoms with E-state index in [4.69, 9.17) is 5.84 Å². The van der Waals surface area contributed by atoms with Crippen LogP contribution in [-0.4, -0.2) is 41.5 Å². The minimum Gasteiger partial charge on any atom is -0.348 e. The molecule has 1 aromatic rings. The maximum Gasteiger partial charge on any atom is 0.255 e. The molecule has 1 aromatic heterocycles. The number of hydrazine groups is 1. The van der Waals surface area contributed by atoms with E-state index in [-0.39, 0.29) is 11.9 Å². The molecule has 116 valence electrons. The number of nitrogens with zero attached hydrogens (tertiary/aromatic N) is 2. The first kappa shape index (κ1) is 15.7. The highest BCUT2D eigenvalue weighted by molar-refractivity contribution is 5.99. The number of nitrogens with two attached hydrogens (primary N) is 1. The number of aryl methyl sites for hydroxylation is 1. The van der Waals surface area contributed by atoms with Crippen LogP contribution in [0.4, 0.5) is 5.69 Å². The fourth-order valence-corrected chi connectivity index (χ4v) is 2.74. The van der Waals surface area contributed by atoms with Gasteiger partial charge in [0.25, 0.3) is 5.91 Å². The van der Waals surface area contributed by atoms with Gasteiger partial charge in [-0.15, -0.1) is 0 Å². The molecule has 1 aliphatic rings. The molecule has 21 heavy (non-hydrogen) atoms. The van der Waals surface area contributed by atoms with Gasteiger partial charge in [0.15, 0.2) is 0 Å². The molecule has 1 atom stereocenters. The lowest BCUT2D eigenvalue weighted by atomic mass is 10.1. The molecule has 6 nitrogen and oxygen atoms in total. The van der Waals surface area contributed by atoms with Crippen LogP contribution in [-0.2, 0) is 0 Å². The molecule has 4 N–H and O–H groups in total. The second-order valence-electron chi connectivity index (χ2n) is 5.75. The van der Waals surface area contributed by atoms with E-state index in [1.54, 1.807) is 12.3 Å². The van der Waals surface area contributed by atoms with Gasteiger partial charge in [0.05, 0.1) is 11.3 Å². The Balaban J connectivity index is 1.94. The molecule has 0 saturated carbocycles. The number of hydrogen-bond acceptors (Lipinski definition) is 5. The molecule has 6 heteroatoms. The monoisotopic (exact) mass is 291 g/mol. The second kappa shape index (κ2) is 7.38. The van der Waals surface area contributed by atoms with Gasteiger partial charge >= 0.3 is 0 Å². The Hall–Kier alpha value is -1.66. The van der Waals surface area contributed by atoms with Crippen molar-refractivity contribution in [3.63, 3.8) is 0 Å². The van der Waals surface area contributed by atoms with Crippen LogP contribution in [0.1, 0.15) is 42.2 Å². The molecule has 2 heterocycles. The first-order chi connectivity index (χ1) is 10.1. The first-order valence-corrected chi connectivity index (χ1v) is 7.56. The van der Waals surface area contributed by atoms with Crippen LogP contribution in [0.2, 0.25) is 0 Å². The fourth-order valence-electron chi connectivity index (χ4n) is 2.74. The van der Waals surface area contributed by atoms with Crippen molar-refractivity contribution >= 4 is 11.6 Å². The van der Waals surface area contributed by atoms with Crippen LogP contribution in [0.25, 0.3) is 0 Å². The molecule has 2 rings (SSSR count). The Morgan fingerprint density at radius 1 is 1.43 bits per heavy atom. The molecule has 0 aliphatic carbocycles. The van der Waals surface area contributed by atoms with Crippen molar-refractivity contribution in [2.45, 2.75) is 39.2 Å². The Kier molecular flexibility index (Phi) is 5.52. The fraction of sp³-hybridized carbons (Fsp3) is 0.600. The zero-order valence-corrected chi connectivity index (χ0v) is 12.9. The molecule has 1 amide bonds. The molecular formula is C15H25N5O. The van der Waals surface area contributed by atoms with Gasteiger partial charge in [-0.25, -0.2) is 0 Å². The topological polar surface area (TPSA) is 83.3 Å². The number of carbonyl (C=O) groups excluding carboxylic acids is 1. The lowest BCUT2D eigenvalue weighted by Crippen LogP contribution is -2.43. The van der Waals surface area contributed by atoms with E-state index >= 15 is 0 Å². The van der Waals surface area contributed by atoms with Crippen molar-refractivity contribution in [2.75, 3.05) is 25.1 Å². The number of piperidine rings is 1. The Labute approximate surface area is 126 Å². The number of rotatable bonds is 5. The van der Waals surface area contributed by atoms with Crippen LogP contribution in [0, 0.1) is 6.92 Å². The highest BCUT2D eigenvalue weighted by Gasteiger charge is 2.17. The van der Waals surface area contributed by atoms with Crippen LogP contribution < -0.4 is 16.6 Å². The second-order valence-corrected chi connectivity index (χ2v) is 5.75. The van der Waals surface area contributed by atoms with Gasteiger partial charge in [0.1, 0.15) is 0 Å². The average molecular weight is 291 g/mol. The normalized spacial score (nSPS) is 17.3. The van der Waals surface area contributed by atoms with Crippen molar-refractivity contribution in [1.82, 2.24) is 15.2 Å². The molecule has 0 aromatic carbocycles. The van der Waals surface area contributed by atoms with Crippen molar-refractivity contribution in [3.8, 4) is 0 Å². The summed E-state index contributed by atoms with van der Waals surface area (Å²) >= 11 is 0. The third-order valence-corrected chi connectivity index (χ3v) is 3.80. The predicted octanol–water partition coefficient (Wildman–Crippen LogP) is 1.28. The molecule has 0 radical (unpaired) electrons. The number of anilines is 1. The summed E-state index contributed by atoms with van der Waals surface area (Å²) in [7, 11) is 0. The molecule has 0 bridgehead atoms. The number of likely N-dealkylation sites (tertiary alicyclic amines) is 1. The van der Waals surface area contributed by atoms with Crippen LogP contribution >= 0.6 is 0 Å². The van der Waals surface area contributed by atoms with Gasteiger partial charge in [-0.1, -0.05) is 6.42 Å². The molecular weight excluding hydrogens is 266 g/mol. The summed E-state index contributed by atoms with van der Waals surface area (Å²) in [5, 5.41) is 3.02. The standard InChI is InChI=1S/C15H25N5O/c1-11-8-14(19-16)13(9-17-11)15(21)18-12(2)10-20-6-4-3-5-7-20/h8-9,12H,3-7,10,16H2,1-2H3,(H,17,19)(H,18,21). The van der Waals surface area contributed by atoms with Gasteiger partial charge in [-0.2, -0.15) is 0 Å². The van der Waals surface area contributed by atoms with Gasteiger partial charge in [-0.3, -0.25) is 15.6 Å². The SMILES string of the molecule is Cc1cc(NN)c(C(=O)NC(C)CN2CCCCC2)cn1. The first-order valence-electron chi connectivity index (χ1n) is 7.56. The minimum atomic E-state index is -0.139. The largest absolute Gasteiger partial charge is 0.348 e. The Bertz CT molecular complexity index is 485. The Morgan fingerprint density at radius 3 is 2.81 bits per heavy atom. The smallest absolute Gasteiger partial charge is 0.255 e. The number of aromatic nitrogens is 1. The number of amides is 1. The van der Waals surface area contributed by atoms with Crippen molar-refractivity contribution < 1.29 is 4.79 Å². The highest BCUT2D eigenvalue weighted by atomic mass is 16.1. The lowest BCUT2D eigenvalue weighted by molar-refractivity contribution is 0.0926. The average Bonchev–Trinajstić information content (AvgIpc) is 2.47. The number of nitrogen functional groups attached to an aromatic ring is 1.